The third-order valence-corrected chi connectivity index (χ3v) is 31.3. The molecule has 0 fully saturated rings. The predicted molar refractivity (Wildman–Crippen MR) is 470 cm³/mol. The minimum atomic E-state index is 1.15. The van der Waals surface area contributed by atoms with E-state index in [1.54, 1.807) is 11.1 Å². The molecule has 0 saturated heterocycles. The molecule has 0 nitrogen and oxygen atoms in total. The van der Waals surface area contributed by atoms with Crippen LogP contribution in [0.4, 0.5) is 0 Å². The van der Waals surface area contributed by atoms with Gasteiger partial charge in [0.1, 0.15) is 0 Å². The molecule has 11 rings (SSSR count). The van der Waals surface area contributed by atoms with Crippen molar-refractivity contribution in [2.24, 2.45) is 0 Å². The number of hydrogen-bond acceptors (Lipinski definition) is 8. The third-order valence-electron chi connectivity index (χ3n) is 21.5. The van der Waals surface area contributed by atoms with Crippen molar-refractivity contribution in [1.82, 2.24) is 0 Å². The Morgan fingerprint density at radius 3 is 0.735 bits per heavy atom. The molecule has 0 bridgehead atoms. The lowest BCUT2D eigenvalue weighted by atomic mass is 9.98. The van der Waals surface area contributed by atoms with Gasteiger partial charge >= 0.3 is 0 Å². The molecule has 0 aliphatic carbocycles. The summed E-state index contributed by atoms with van der Waals surface area (Å²) in [6.07, 6.45) is 59.8. The molecule has 0 aliphatic rings. The number of unbranched alkanes of at least 4 members (excludes halogenated alkanes) is 36. The monoisotopic (exact) mass is 1510 g/mol. The van der Waals surface area contributed by atoms with Gasteiger partial charge in [-0.2, -0.15) is 0 Å². The Morgan fingerprint density at radius 2 is 0.441 bits per heavy atom. The first-order valence-corrected chi connectivity index (χ1v) is 47.9. The van der Waals surface area contributed by atoms with Crippen LogP contribution in [0.3, 0.4) is 0 Å². The van der Waals surface area contributed by atoms with Gasteiger partial charge in [-0.3, -0.25) is 0 Å². The van der Waals surface area contributed by atoms with Crippen LogP contribution >= 0.6 is 90.7 Å². The lowest BCUT2D eigenvalue weighted by Gasteiger charge is -2.07. The highest BCUT2D eigenvalue weighted by molar-refractivity contribution is 7.30. The average Bonchev–Trinajstić information content (AvgIpc) is 1.58. The maximum Gasteiger partial charge on any atom is 0.0481 e. The molecular weight excluding hydrogens is 1390 g/mol. The molecule has 0 aliphatic heterocycles. The summed E-state index contributed by atoms with van der Waals surface area (Å²) in [4.78, 5) is 20.1. The van der Waals surface area contributed by atoms with E-state index in [-0.39, 0.29) is 0 Å². The van der Waals surface area contributed by atoms with Gasteiger partial charge < -0.3 is 0 Å². The van der Waals surface area contributed by atoms with Crippen molar-refractivity contribution in [2.45, 2.75) is 310 Å². The summed E-state index contributed by atoms with van der Waals surface area (Å²) in [5.74, 6) is 0. The molecule has 0 atom stereocenters. The van der Waals surface area contributed by atoms with Crippen LogP contribution in [0.25, 0.3) is 101 Å². The molecule has 0 amide bonds. The van der Waals surface area contributed by atoms with Crippen molar-refractivity contribution >= 4 is 112 Å². The molecule has 11 aromatic rings. The molecule has 0 saturated carbocycles. The van der Waals surface area contributed by atoms with Crippen molar-refractivity contribution in [2.75, 3.05) is 0 Å². The third kappa shape index (κ3) is 23.9. The van der Waals surface area contributed by atoms with Gasteiger partial charge in [-0.05, 0) is 214 Å². The van der Waals surface area contributed by atoms with Crippen LogP contribution in [-0.4, -0.2) is 0 Å². The zero-order valence-electron chi connectivity index (χ0n) is 63.1. The quantitative estimate of drug-likeness (QED) is 0.0263. The number of hydrogen-bond donors (Lipinski definition) is 0. The Balaban J connectivity index is 0.776. The van der Waals surface area contributed by atoms with Crippen LogP contribution in [0, 0.1) is 0 Å². The second-order valence-electron chi connectivity index (χ2n) is 29.8. The Bertz CT molecular complexity index is 3860. The Morgan fingerprint density at radius 1 is 0.186 bits per heavy atom. The maximum absolute atomic E-state index is 2.58. The van der Waals surface area contributed by atoms with Gasteiger partial charge in [0.25, 0.3) is 0 Å². The van der Waals surface area contributed by atoms with E-state index in [4.69, 9.17) is 0 Å². The van der Waals surface area contributed by atoms with Crippen LogP contribution in [-0.2, 0) is 25.7 Å². The SMILES string of the molecule is CCCCCCCCCCCCc1ccsc1-c1ccc(-c2ccc(-c3sc(-c4ccc5cc6cc(-c7cc(CCCCCCCCCCCC)c(-c8ccc(-c9ccc(-c%10sccc%10CCCCCCCCCCCC)s9)s8)s7)ccc6cc5c4)cc3CCCCCCCCCCCC)s2)s1. The Labute approximate surface area is 650 Å². The second-order valence-corrected chi connectivity index (χ2v) is 38.1. The normalized spacial score (nSPS) is 11.9. The van der Waals surface area contributed by atoms with E-state index < -0.39 is 0 Å². The number of benzene rings is 3. The highest BCUT2D eigenvalue weighted by Crippen LogP contribution is 2.50. The number of rotatable bonds is 52. The molecule has 8 heteroatoms. The molecule has 3 aromatic carbocycles. The predicted octanol–water partition coefficient (Wildman–Crippen LogP) is 35.7. The average molecular weight is 1510 g/mol. The second kappa shape index (κ2) is 44.2. The van der Waals surface area contributed by atoms with E-state index in [1.807, 2.05) is 90.7 Å². The Hall–Kier alpha value is -4.22. The van der Waals surface area contributed by atoms with Gasteiger partial charge in [-0.15, -0.1) is 90.7 Å². The number of thiophene rings is 8. The van der Waals surface area contributed by atoms with E-state index in [9.17, 15) is 0 Å². The van der Waals surface area contributed by atoms with Gasteiger partial charge in [-0.25, -0.2) is 0 Å². The fourth-order valence-corrected chi connectivity index (χ4v) is 24.5. The number of fused-ring (bicyclic) bond motifs is 2. The zero-order chi connectivity index (χ0) is 70.2. The van der Waals surface area contributed by atoms with Gasteiger partial charge in [0, 0.05) is 68.3 Å². The van der Waals surface area contributed by atoms with Crippen molar-refractivity contribution in [3.63, 3.8) is 0 Å². The fourth-order valence-electron chi connectivity index (χ4n) is 15.3. The van der Waals surface area contributed by atoms with E-state index in [2.05, 4.69) is 160 Å². The van der Waals surface area contributed by atoms with Gasteiger partial charge in [-0.1, -0.05) is 283 Å². The minimum absolute atomic E-state index is 1.15. The fraction of sp³-hybridized carbons (Fsp3) is 0.511. The van der Waals surface area contributed by atoms with Crippen molar-refractivity contribution in [3.05, 3.63) is 154 Å². The molecule has 0 spiro atoms. The van der Waals surface area contributed by atoms with Gasteiger partial charge in [0.15, 0.2) is 0 Å². The van der Waals surface area contributed by atoms with Gasteiger partial charge in [0.2, 0.25) is 0 Å². The summed E-state index contributed by atoms with van der Waals surface area (Å²) < 4.78 is 0. The van der Waals surface area contributed by atoms with Crippen LogP contribution in [0.15, 0.2) is 132 Å². The standard InChI is InChI=1S/C94H122S8/c1-5-9-13-17-21-25-29-33-37-41-45-71-61-63-95-91(71)85-57-53-81(97-85)83-55-59-87(99-83)93-77(47-43-39-35-31-27-23-19-15-11-7-3)69-89(101-93)75-51-49-73-66-80-68-76(52-50-74(80)65-79(73)67-75)90-70-78(48-44-40-36-32-28-24-20-16-12-8-4)94(102-90)88-60-56-84(100-88)82-54-58-86(98-82)92-72(62-64-96-92)46-42-38-34-30-26-22-18-14-10-6-2/h49-70H,5-48H2,1-4H3. The van der Waals surface area contributed by atoms with Crippen LogP contribution in [0.1, 0.15) is 307 Å². The Kier molecular flexibility index (Phi) is 34.1. The first kappa shape index (κ1) is 78.8. The first-order valence-electron chi connectivity index (χ1n) is 41.2. The van der Waals surface area contributed by atoms with Crippen molar-refractivity contribution in [1.29, 1.82) is 0 Å². The summed E-state index contributed by atoms with van der Waals surface area (Å²) in [6.45, 7) is 9.27. The smallest absolute Gasteiger partial charge is 0.0481 e. The highest BCUT2D eigenvalue weighted by Gasteiger charge is 2.21. The molecule has 8 heterocycles. The summed E-state index contributed by atoms with van der Waals surface area (Å²) in [5, 5.41) is 9.94. The summed E-state index contributed by atoms with van der Waals surface area (Å²) in [7, 11) is 0. The lowest BCUT2D eigenvalue weighted by molar-refractivity contribution is 0.556. The van der Waals surface area contributed by atoms with Gasteiger partial charge in [0.05, 0.1) is 0 Å². The molecule has 8 aromatic heterocycles. The largest absolute Gasteiger partial charge is 0.143 e. The highest BCUT2D eigenvalue weighted by atomic mass is 32.1. The van der Waals surface area contributed by atoms with E-state index in [1.165, 1.54) is 382 Å². The van der Waals surface area contributed by atoms with E-state index in [0.29, 0.717) is 0 Å². The molecule has 0 unspecified atom stereocenters. The van der Waals surface area contributed by atoms with Crippen LogP contribution in [0.5, 0.6) is 0 Å². The van der Waals surface area contributed by atoms with Crippen molar-refractivity contribution in [3.8, 4) is 79.4 Å². The van der Waals surface area contributed by atoms with Crippen molar-refractivity contribution < 1.29 is 0 Å². The molecule has 0 N–H and O–H groups in total. The maximum atomic E-state index is 2.58. The molecule has 546 valence electrons. The van der Waals surface area contributed by atoms with E-state index >= 15 is 0 Å². The molecular formula is C94H122S8. The van der Waals surface area contributed by atoms with Crippen LogP contribution < -0.4 is 0 Å². The summed E-state index contributed by atoms with van der Waals surface area (Å²) >= 11 is 15.9. The molecule has 102 heavy (non-hydrogen) atoms. The topological polar surface area (TPSA) is 0 Å². The van der Waals surface area contributed by atoms with E-state index in [0.717, 1.165) is 12.8 Å². The zero-order valence-corrected chi connectivity index (χ0v) is 69.6. The first-order chi connectivity index (χ1) is 50.5. The lowest BCUT2D eigenvalue weighted by Crippen LogP contribution is -1.87. The minimum Gasteiger partial charge on any atom is -0.143 e. The summed E-state index contributed by atoms with van der Waals surface area (Å²) in [5.41, 5.74) is 8.85. The van der Waals surface area contributed by atoms with Crippen LogP contribution in [0.2, 0.25) is 0 Å². The summed E-state index contributed by atoms with van der Waals surface area (Å²) in [6, 6.07) is 48.8. The number of aryl methyl sites for hydroxylation is 4. The molecule has 0 radical (unpaired) electrons.